The van der Waals surface area contributed by atoms with E-state index in [1.807, 2.05) is 0 Å². The van der Waals surface area contributed by atoms with Crippen LogP contribution in [0.2, 0.25) is 5.02 Å². The summed E-state index contributed by atoms with van der Waals surface area (Å²) in [5, 5.41) is 7.56. The molecule has 0 atom stereocenters. The van der Waals surface area contributed by atoms with Crippen molar-refractivity contribution in [1.29, 1.82) is 0 Å². The second-order valence-corrected chi connectivity index (χ2v) is 3.57. The van der Waals surface area contributed by atoms with Crippen LogP contribution in [-0.2, 0) is 0 Å². The van der Waals surface area contributed by atoms with Crippen LogP contribution in [0.15, 0.2) is 33.5 Å². The largest absolute Gasteiger partial charge is 0.454 e. The molecule has 5 heteroatoms. The number of aromatic nitrogens is 2. The minimum Gasteiger partial charge on any atom is -0.454 e. The van der Waals surface area contributed by atoms with E-state index in [0.29, 0.717) is 21.7 Å². The van der Waals surface area contributed by atoms with Gasteiger partial charge in [0.05, 0.1) is 10.4 Å². The summed E-state index contributed by atoms with van der Waals surface area (Å²) in [7, 11) is 0. The highest BCUT2D eigenvalue weighted by molar-refractivity contribution is 6.37. The average Bonchev–Trinajstić information content (AvgIpc) is 2.56. The maximum Gasteiger partial charge on any atom is 0.267 e. The zero-order chi connectivity index (χ0) is 10.4. The zero-order valence-electron chi connectivity index (χ0n) is 7.45. The van der Waals surface area contributed by atoms with Crippen molar-refractivity contribution >= 4 is 33.7 Å². The topological polar surface area (TPSA) is 58.9 Å². The van der Waals surface area contributed by atoms with Crippen molar-refractivity contribution in [3.8, 4) is 0 Å². The lowest BCUT2D eigenvalue weighted by molar-refractivity contribution is 0.666. The molecule has 0 amide bonds. The monoisotopic (exact) mass is 220 g/mol. The molecule has 0 spiro atoms. The van der Waals surface area contributed by atoms with Gasteiger partial charge in [-0.15, -0.1) is 0 Å². The van der Waals surface area contributed by atoms with E-state index in [2.05, 4.69) is 10.2 Å². The molecule has 0 aliphatic carbocycles. The van der Waals surface area contributed by atoms with Crippen molar-refractivity contribution in [2.75, 3.05) is 0 Å². The summed E-state index contributed by atoms with van der Waals surface area (Å²) in [6.07, 6.45) is 0. The van der Waals surface area contributed by atoms with Crippen LogP contribution in [0, 0.1) is 0 Å². The first-order valence-corrected chi connectivity index (χ1v) is 4.70. The van der Waals surface area contributed by atoms with Crippen molar-refractivity contribution in [1.82, 2.24) is 10.2 Å². The molecule has 2 heterocycles. The quantitative estimate of drug-likeness (QED) is 0.633. The molecule has 74 valence electrons. The van der Waals surface area contributed by atoms with E-state index in [0.717, 1.165) is 5.39 Å². The fourth-order valence-corrected chi connectivity index (χ4v) is 1.84. The number of nitrogens with zero attached hydrogens (tertiary/aromatic N) is 1. The number of aromatic amines is 1. The first kappa shape index (κ1) is 8.49. The minimum atomic E-state index is -0.294. The zero-order valence-corrected chi connectivity index (χ0v) is 8.21. The van der Waals surface area contributed by atoms with Gasteiger partial charge in [0.25, 0.3) is 5.56 Å². The first-order valence-electron chi connectivity index (χ1n) is 4.32. The number of rotatable bonds is 0. The summed E-state index contributed by atoms with van der Waals surface area (Å²) in [5.41, 5.74) is 1.36. The van der Waals surface area contributed by atoms with Crippen molar-refractivity contribution in [3.63, 3.8) is 0 Å². The predicted molar refractivity (Wildman–Crippen MR) is 57.1 cm³/mol. The fraction of sp³-hybridized carbons (Fsp3) is 0. The molecular formula is C10H5ClN2O2. The van der Waals surface area contributed by atoms with Gasteiger partial charge in [-0.25, -0.2) is 5.10 Å². The minimum absolute atomic E-state index is 0.294. The van der Waals surface area contributed by atoms with E-state index in [1.165, 1.54) is 6.07 Å². The Bertz CT molecular complexity index is 714. The molecule has 3 aromatic rings. The highest BCUT2D eigenvalue weighted by Gasteiger charge is 2.11. The Morgan fingerprint density at radius 3 is 3.07 bits per heavy atom. The predicted octanol–water partition coefficient (Wildman–Crippen LogP) is 2.32. The van der Waals surface area contributed by atoms with Gasteiger partial charge in [-0.1, -0.05) is 17.7 Å². The number of nitrogens with one attached hydrogen (secondary N) is 1. The van der Waals surface area contributed by atoms with Crippen LogP contribution >= 0.6 is 11.6 Å². The van der Waals surface area contributed by atoms with E-state index in [-0.39, 0.29) is 5.56 Å². The van der Waals surface area contributed by atoms with Gasteiger partial charge in [0, 0.05) is 6.07 Å². The molecule has 0 bridgehead atoms. The lowest BCUT2D eigenvalue weighted by atomic mass is 10.2. The third-order valence-corrected chi connectivity index (χ3v) is 2.52. The average molecular weight is 221 g/mol. The molecule has 0 saturated carbocycles. The molecule has 0 aliphatic heterocycles. The van der Waals surface area contributed by atoms with Crippen LogP contribution < -0.4 is 5.56 Å². The summed E-state index contributed by atoms with van der Waals surface area (Å²) in [5.74, 6) is 0. The van der Waals surface area contributed by atoms with Crippen LogP contribution in [-0.4, -0.2) is 10.2 Å². The van der Waals surface area contributed by atoms with Gasteiger partial charge >= 0.3 is 0 Å². The molecule has 0 unspecified atom stereocenters. The van der Waals surface area contributed by atoms with Gasteiger partial charge in [0.2, 0.25) is 0 Å². The van der Waals surface area contributed by atoms with Gasteiger partial charge in [0.1, 0.15) is 11.1 Å². The second kappa shape index (κ2) is 2.84. The van der Waals surface area contributed by atoms with E-state index >= 15 is 0 Å². The molecule has 0 fully saturated rings. The summed E-state index contributed by atoms with van der Waals surface area (Å²) in [6.45, 7) is 0. The Labute approximate surface area is 88.5 Å². The SMILES string of the molecule is O=c1cc2oc3cccc(Cl)c3c2n[nH]1. The lowest BCUT2D eigenvalue weighted by Gasteiger charge is -1.90. The molecule has 3 rings (SSSR count). The maximum absolute atomic E-state index is 11.0. The van der Waals surface area contributed by atoms with Crippen molar-refractivity contribution in [2.24, 2.45) is 0 Å². The lowest BCUT2D eigenvalue weighted by Crippen LogP contribution is -2.04. The number of hydrogen-bond donors (Lipinski definition) is 1. The van der Waals surface area contributed by atoms with Crippen LogP contribution in [0.25, 0.3) is 22.1 Å². The Morgan fingerprint density at radius 2 is 2.20 bits per heavy atom. The standard InChI is InChI=1S/C10H5ClN2O2/c11-5-2-1-3-6-9(5)10-7(15-6)4-8(14)12-13-10/h1-4H,(H,12,14). The number of furan rings is 1. The molecule has 0 radical (unpaired) electrons. The van der Waals surface area contributed by atoms with Gasteiger partial charge in [-0.3, -0.25) is 4.79 Å². The Balaban J connectivity index is 2.64. The van der Waals surface area contributed by atoms with Crippen LogP contribution in [0.5, 0.6) is 0 Å². The van der Waals surface area contributed by atoms with Crippen LogP contribution in [0.4, 0.5) is 0 Å². The number of benzene rings is 1. The van der Waals surface area contributed by atoms with E-state index < -0.39 is 0 Å². The fourth-order valence-electron chi connectivity index (χ4n) is 1.58. The Morgan fingerprint density at radius 1 is 1.33 bits per heavy atom. The third kappa shape index (κ3) is 1.15. The second-order valence-electron chi connectivity index (χ2n) is 3.16. The van der Waals surface area contributed by atoms with Crippen LogP contribution in [0.1, 0.15) is 0 Å². The Hall–Kier alpha value is -1.81. The smallest absolute Gasteiger partial charge is 0.267 e. The first-order chi connectivity index (χ1) is 7.25. The number of H-pyrrole nitrogens is 1. The number of hydrogen-bond acceptors (Lipinski definition) is 3. The van der Waals surface area contributed by atoms with Gasteiger partial charge in [-0.05, 0) is 12.1 Å². The van der Waals surface area contributed by atoms with Crippen molar-refractivity contribution < 1.29 is 4.42 Å². The maximum atomic E-state index is 11.0. The van der Waals surface area contributed by atoms with E-state index in [9.17, 15) is 4.79 Å². The van der Waals surface area contributed by atoms with Crippen molar-refractivity contribution in [3.05, 3.63) is 39.6 Å². The number of halogens is 1. The molecule has 0 aliphatic rings. The van der Waals surface area contributed by atoms with Gasteiger partial charge < -0.3 is 4.42 Å². The highest BCUT2D eigenvalue weighted by Crippen LogP contribution is 2.31. The molecule has 0 saturated heterocycles. The highest BCUT2D eigenvalue weighted by atomic mass is 35.5. The molecule has 4 nitrogen and oxygen atoms in total. The van der Waals surface area contributed by atoms with Crippen LogP contribution in [0.3, 0.4) is 0 Å². The molecular weight excluding hydrogens is 216 g/mol. The van der Waals surface area contributed by atoms with Crippen molar-refractivity contribution in [2.45, 2.75) is 0 Å². The van der Waals surface area contributed by atoms with E-state index in [1.54, 1.807) is 18.2 Å². The summed E-state index contributed by atoms with van der Waals surface area (Å²) >= 11 is 6.03. The Kier molecular flexibility index (Phi) is 1.61. The van der Waals surface area contributed by atoms with Gasteiger partial charge in [0.15, 0.2) is 5.58 Å². The van der Waals surface area contributed by atoms with Gasteiger partial charge in [-0.2, -0.15) is 5.10 Å². The molecule has 1 N–H and O–H groups in total. The summed E-state index contributed by atoms with van der Waals surface area (Å²) < 4.78 is 5.45. The summed E-state index contributed by atoms with van der Waals surface area (Å²) in [6, 6.07) is 6.69. The third-order valence-electron chi connectivity index (χ3n) is 2.21. The number of fused-ring (bicyclic) bond motifs is 3. The molecule has 15 heavy (non-hydrogen) atoms. The normalized spacial score (nSPS) is 11.3. The molecule has 2 aromatic heterocycles. The van der Waals surface area contributed by atoms with E-state index in [4.69, 9.17) is 16.0 Å². The summed E-state index contributed by atoms with van der Waals surface area (Å²) in [4.78, 5) is 11.0. The molecule has 1 aromatic carbocycles.